The first kappa shape index (κ1) is 19.1. The molecule has 136 valence electrons. The molecule has 0 radical (unpaired) electrons. The van der Waals surface area contributed by atoms with Gasteiger partial charge in [-0.25, -0.2) is 12.7 Å². The van der Waals surface area contributed by atoms with Gasteiger partial charge in [0.05, 0.1) is 5.54 Å². The second-order valence-electron chi connectivity index (χ2n) is 6.59. The summed E-state index contributed by atoms with van der Waals surface area (Å²) in [5.74, 6) is -0.367. The average molecular weight is 365 g/mol. The van der Waals surface area contributed by atoms with E-state index in [0.29, 0.717) is 0 Å². The van der Waals surface area contributed by atoms with Gasteiger partial charge < -0.3 is 9.73 Å². The number of hydrogen-bond acceptors (Lipinski definition) is 5. The molecule has 0 aliphatic carbocycles. The summed E-state index contributed by atoms with van der Waals surface area (Å²) in [6.07, 6.45) is 1.70. The van der Waals surface area contributed by atoms with Crippen molar-refractivity contribution in [3.8, 4) is 0 Å². The molecule has 0 aliphatic rings. The van der Waals surface area contributed by atoms with E-state index in [1.807, 2.05) is 32.9 Å². The Bertz CT molecular complexity index is 881. The number of amides is 1. The quantitative estimate of drug-likeness (QED) is 0.877. The average Bonchev–Trinajstić information content (AvgIpc) is 2.90. The Labute approximate surface area is 148 Å². The molecule has 0 saturated heterocycles. The summed E-state index contributed by atoms with van der Waals surface area (Å²) in [5.41, 5.74) is 1.01. The van der Waals surface area contributed by atoms with Crippen LogP contribution in [0.5, 0.6) is 0 Å². The Morgan fingerprint density at radius 3 is 2.40 bits per heavy atom. The van der Waals surface area contributed by atoms with Crippen molar-refractivity contribution >= 4 is 15.9 Å². The van der Waals surface area contributed by atoms with Crippen LogP contribution in [-0.2, 0) is 15.6 Å². The highest BCUT2D eigenvalue weighted by Crippen LogP contribution is 2.24. The molecular formula is C17H23N3O4S. The molecule has 1 amide bonds. The molecule has 7 nitrogen and oxygen atoms in total. The van der Waals surface area contributed by atoms with Gasteiger partial charge in [0, 0.05) is 32.1 Å². The topological polar surface area (TPSA) is 92.5 Å². The van der Waals surface area contributed by atoms with Crippen LogP contribution in [0, 0.1) is 13.8 Å². The van der Waals surface area contributed by atoms with Gasteiger partial charge in [-0.3, -0.25) is 9.78 Å². The zero-order chi connectivity index (χ0) is 19.0. The van der Waals surface area contributed by atoms with E-state index >= 15 is 0 Å². The molecule has 25 heavy (non-hydrogen) atoms. The first-order chi connectivity index (χ1) is 11.4. The zero-order valence-electron chi connectivity index (χ0n) is 15.2. The minimum Gasteiger partial charge on any atom is -0.455 e. The predicted molar refractivity (Wildman–Crippen MR) is 93.8 cm³/mol. The van der Waals surface area contributed by atoms with Crippen molar-refractivity contribution in [1.82, 2.24) is 14.6 Å². The number of aryl methyl sites for hydroxylation is 2. The van der Waals surface area contributed by atoms with E-state index in [0.717, 1.165) is 15.6 Å². The molecule has 2 rings (SSSR count). The Morgan fingerprint density at radius 2 is 1.88 bits per heavy atom. The third-order valence-electron chi connectivity index (χ3n) is 3.91. The van der Waals surface area contributed by atoms with Gasteiger partial charge in [0.1, 0.15) is 10.7 Å². The first-order valence-corrected chi connectivity index (χ1v) is 9.18. The van der Waals surface area contributed by atoms with Gasteiger partial charge in [0.25, 0.3) is 5.91 Å². The molecule has 0 saturated carbocycles. The summed E-state index contributed by atoms with van der Waals surface area (Å²) in [7, 11) is -0.820. The van der Waals surface area contributed by atoms with Gasteiger partial charge in [0.2, 0.25) is 10.0 Å². The number of carbonyl (C=O) groups excluding carboxylic acids is 1. The number of rotatable bonds is 5. The monoisotopic (exact) mass is 365 g/mol. The summed E-state index contributed by atoms with van der Waals surface area (Å²) in [4.78, 5) is 16.7. The van der Waals surface area contributed by atoms with Crippen LogP contribution in [0.2, 0.25) is 0 Å². The number of nitrogens with zero attached hydrogens (tertiary/aromatic N) is 2. The van der Waals surface area contributed by atoms with Crippen LogP contribution in [0.3, 0.4) is 0 Å². The van der Waals surface area contributed by atoms with E-state index in [1.54, 1.807) is 6.20 Å². The molecule has 0 aromatic carbocycles. The molecule has 0 spiro atoms. The summed E-state index contributed by atoms with van der Waals surface area (Å²) in [6.45, 7) is 7.07. The van der Waals surface area contributed by atoms with Crippen LogP contribution in [-0.4, -0.2) is 37.7 Å². The number of aromatic nitrogens is 1. The molecular weight excluding hydrogens is 342 g/mol. The lowest BCUT2D eigenvalue weighted by atomic mass is 9.95. The third-order valence-corrected chi connectivity index (χ3v) is 5.84. The highest BCUT2D eigenvalue weighted by Gasteiger charge is 2.29. The van der Waals surface area contributed by atoms with E-state index in [-0.39, 0.29) is 16.4 Å². The van der Waals surface area contributed by atoms with Crippen molar-refractivity contribution in [3.05, 3.63) is 47.2 Å². The molecule has 0 bridgehead atoms. The van der Waals surface area contributed by atoms with Crippen LogP contribution in [0.25, 0.3) is 0 Å². The number of hydrogen-bond donors (Lipinski definition) is 1. The smallest absolute Gasteiger partial charge is 0.287 e. The molecule has 0 aliphatic heterocycles. The van der Waals surface area contributed by atoms with Crippen molar-refractivity contribution in [2.75, 3.05) is 14.1 Å². The van der Waals surface area contributed by atoms with E-state index in [9.17, 15) is 13.2 Å². The lowest BCUT2D eigenvalue weighted by molar-refractivity contribution is 0.0882. The number of sulfonamides is 1. The number of furan rings is 1. The van der Waals surface area contributed by atoms with Gasteiger partial charge >= 0.3 is 0 Å². The Kier molecular flexibility index (Phi) is 5.06. The van der Waals surface area contributed by atoms with Gasteiger partial charge in [-0.1, -0.05) is 6.07 Å². The van der Waals surface area contributed by atoms with E-state index in [1.165, 1.54) is 27.1 Å². The SMILES string of the molecule is Cc1ccc(C(C)(C)NC(=O)c2cc(S(=O)(=O)N(C)C)c(C)o2)cn1. The van der Waals surface area contributed by atoms with Crippen molar-refractivity contribution in [3.63, 3.8) is 0 Å². The maximum absolute atomic E-state index is 12.5. The highest BCUT2D eigenvalue weighted by atomic mass is 32.2. The lowest BCUT2D eigenvalue weighted by Gasteiger charge is -2.26. The summed E-state index contributed by atoms with van der Waals surface area (Å²) in [6, 6.07) is 5.00. The van der Waals surface area contributed by atoms with E-state index in [2.05, 4.69) is 10.3 Å². The maximum Gasteiger partial charge on any atom is 0.287 e. The zero-order valence-corrected chi connectivity index (χ0v) is 16.1. The standard InChI is InChI=1S/C17H23N3O4S/c1-11-7-8-13(10-18-11)17(3,4)19-16(21)14-9-15(12(2)24-14)25(22,23)20(5)6/h7-10H,1-6H3,(H,19,21). The van der Waals surface area contributed by atoms with E-state index in [4.69, 9.17) is 4.42 Å². The fourth-order valence-corrected chi connectivity index (χ4v) is 3.34. The molecule has 2 heterocycles. The van der Waals surface area contributed by atoms with Crippen molar-refractivity contribution in [1.29, 1.82) is 0 Å². The van der Waals surface area contributed by atoms with Crippen molar-refractivity contribution in [2.45, 2.75) is 38.1 Å². The van der Waals surface area contributed by atoms with Crippen molar-refractivity contribution < 1.29 is 17.6 Å². The highest BCUT2D eigenvalue weighted by molar-refractivity contribution is 7.89. The van der Waals surface area contributed by atoms with Gasteiger partial charge in [-0.2, -0.15) is 0 Å². The fourth-order valence-electron chi connectivity index (χ4n) is 2.29. The second kappa shape index (κ2) is 6.61. The van der Waals surface area contributed by atoms with Crippen LogP contribution in [0.15, 0.2) is 33.7 Å². The van der Waals surface area contributed by atoms with Gasteiger partial charge in [-0.15, -0.1) is 0 Å². The molecule has 0 unspecified atom stereocenters. The molecule has 0 atom stereocenters. The fraction of sp³-hybridized carbons (Fsp3) is 0.412. The third kappa shape index (κ3) is 3.91. The molecule has 8 heteroatoms. The number of pyridine rings is 1. The Hall–Kier alpha value is -2.19. The summed E-state index contributed by atoms with van der Waals surface area (Å²) >= 11 is 0. The first-order valence-electron chi connectivity index (χ1n) is 7.74. The van der Waals surface area contributed by atoms with E-state index < -0.39 is 21.5 Å². The van der Waals surface area contributed by atoms with Crippen LogP contribution >= 0.6 is 0 Å². The molecule has 1 N–H and O–H groups in total. The lowest BCUT2D eigenvalue weighted by Crippen LogP contribution is -2.41. The maximum atomic E-state index is 12.5. The summed E-state index contributed by atoms with van der Waals surface area (Å²) in [5, 5.41) is 2.85. The Morgan fingerprint density at radius 1 is 1.24 bits per heavy atom. The number of carbonyl (C=O) groups is 1. The predicted octanol–water partition coefficient (Wildman–Crippen LogP) is 2.21. The van der Waals surface area contributed by atoms with Crippen LogP contribution in [0.4, 0.5) is 0 Å². The number of nitrogens with one attached hydrogen (secondary N) is 1. The molecule has 0 fully saturated rings. The van der Waals surface area contributed by atoms with Crippen LogP contribution < -0.4 is 5.32 Å². The Balaban J connectivity index is 2.28. The largest absolute Gasteiger partial charge is 0.455 e. The van der Waals surface area contributed by atoms with Gasteiger partial charge in [0.15, 0.2) is 5.76 Å². The molecule has 2 aromatic rings. The van der Waals surface area contributed by atoms with Crippen LogP contribution in [0.1, 0.15) is 41.4 Å². The molecule has 2 aromatic heterocycles. The minimum atomic E-state index is -3.67. The normalized spacial score (nSPS) is 12.4. The van der Waals surface area contributed by atoms with Gasteiger partial charge in [-0.05, 0) is 39.3 Å². The second-order valence-corrected chi connectivity index (χ2v) is 8.71. The van der Waals surface area contributed by atoms with Crippen molar-refractivity contribution in [2.24, 2.45) is 0 Å². The minimum absolute atomic E-state index is 0.0162. The summed E-state index contributed by atoms with van der Waals surface area (Å²) < 4.78 is 31.0.